The molecule has 0 fully saturated rings. The van der Waals surface area contributed by atoms with E-state index in [-0.39, 0.29) is 6.04 Å². The molecule has 1 N–H and O–H groups in total. The average molecular weight is 288 g/mol. The lowest BCUT2D eigenvalue weighted by Crippen LogP contribution is -2.18. The molecule has 0 heterocycles. The van der Waals surface area contributed by atoms with Crippen LogP contribution in [-0.4, -0.2) is 13.2 Å². The van der Waals surface area contributed by atoms with Crippen molar-refractivity contribution in [2.75, 3.05) is 13.2 Å². The van der Waals surface area contributed by atoms with Crippen LogP contribution in [0.1, 0.15) is 31.0 Å². The molecule has 0 saturated carbocycles. The topological polar surface area (TPSA) is 21.3 Å². The fraction of sp³-hybridized carbons (Fsp3) is 0.429. The van der Waals surface area contributed by atoms with Gasteiger partial charge in [-0.1, -0.05) is 42.3 Å². The molecular weight excluding hydrogens is 269 g/mol. The summed E-state index contributed by atoms with van der Waals surface area (Å²) in [6.45, 7) is 7.43. The number of hydrogen-bond acceptors (Lipinski definition) is 2. The smallest absolute Gasteiger partial charge is 0.125 e. The van der Waals surface area contributed by atoms with Gasteiger partial charge in [0, 0.05) is 17.1 Å². The van der Waals surface area contributed by atoms with Crippen LogP contribution in [0.4, 0.5) is 0 Å². The maximum atomic E-state index is 5.84. The third-order valence-electron chi connectivity index (χ3n) is 2.63. The molecule has 2 nitrogen and oxygen atoms in total. The first kappa shape index (κ1) is 15.4. The van der Waals surface area contributed by atoms with Gasteiger partial charge in [0.05, 0.1) is 5.03 Å². The van der Waals surface area contributed by atoms with Gasteiger partial charge in [-0.25, -0.2) is 0 Å². The summed E-state index contributed by atoms with van der Waals surface area (Å²) in [5.41, 5.74) is 3.61. The summed E-state index contributed by atoms with van der Waals surface area (Å²) >= 11 is 11.4. The summed E-state index contributed by atoms with van der Waals surface area (Å²) in [7, 11) is 0. The molecule has 1 rings (SSSR count). The van der Waals surface area contributed by atoms with Gasteiger partial charge in [0.1, 0.15) is 12.4 Å². The van der Waals surface area contributed by atoms with Crippen LogP contribution in [0.25, 0.3) is 0 Å². The third kappa shape index (κ3) is 4.52. The molecule has 0 saturated heterocycles. The molecule has 1 aromatic rings. The first-order chi connectivity index (χ1) is 8.58. The van der Waals surface area contributed by atoms with Gasteiger partial charge in [0.15, 0.2) is 0 Å². The van der Waals surface area contributed by atoms with Gasteiger partial charge in [-0.05, 0) is 32.0 Å². The minimum atomic E-state index is 0.240. The summed E-state index contributed by atoms with van der Waals surface area (Å²) in [5, 5.41) is 3.86. The zero-order chi connectivity index (χ0) is 13.5. The van der Waals surface area contributed by atoms with Crippen LogP contribution in [0.15, 0.2) is 28.8 Å². The van der Waals surface area contributed by atoms with Gasteiger partial charge in [-0.3, -0.25) is 0 Å². The molecular formula is C14H19Cl2NO. The van der Waals surface area contributed by atoms with Crippen LogP contribution in [0.2, 0.25) is 0 Å². The number of aryl methyl sites for hydroxylation is 1. The van der Waals surface area contributed by atoms with Gasteiger partial charge in [-0.2, -0.15) is 0 Å². The van der Waals surface area contributed by atoms with Crippen molar-refractivity contribution < 1.29 is 4.74 Å². The highest BCUT2D eigenvalue weighted by atomic mass is 35.5. The minimum absolute atomic E-state index is 0.240. The first-order valence-electron chi connectivity index (χ1n) is 6.00. The summed E-state index contributed by atoms with van der Waals surface area (Å²) in [6, 6.07) is 6.41. The molecule has 0 aliphatic rings. The molecule has 0 aromatic heterocycles. The van der Waals surface area contributed by atoms with E-state index in [1.165, 1.54) is 5.54 Å². The molecule has 1 aromatic carbocycles. The van der Waals surface area contributed by atoms with Crippen LogP contribution in [-0.2, 0) is 0 Å². The Bertz CT molecular complexity index is 418. The fourth-order valence-corrected chi connectivity index (χ4v) is 1.84. The van der Waals surface area contributed by atoms with E-state index in [0.29, 0.717) is 11.6 Å². The quantitative estimate of drug-likeness (QED) is 0.839. The van der Waals surface area contributed by atoms with E-state index in [4.69, 9.17) is 27.9 Å². The van der Waals surface area contributed by atoms with Gasteiger partial charge >= 0.3 is 0 Å². The number of rotatable bonds is 6. The summed E-state index contributed by atoms with van der Waals surface area (Å²) in [4.78, 5) is 0. The molecule has 4 heteroatoms. The standard InChI is InChI=1S/C14H19Cl2NO/c1-4-17-11(3)13-6-5-10(2)7-14(13)18-9-12(16)8-15/h5-8,11,17H,4,9H2,1-3H3. The lowest BCUT2D eigenvalue weighted by atomic mass is 10.0. The van der Waals surface area contributed by atoms with E-state index in [0.717, 1.165) is 23.4 Å². The molecule has 1 atom stereocenters. The van der Waals surface area contributed by atoms with E-state index >= 15 is 0 Å². The van der Waals surface area contributed by atoms with Crippen molar-refractivity contribution in [1.82, 2.24) is 5.32 Å². The number of benzene rings is 1. The van der Waals surface area contributed by atoms with E-state index in [2.05, 4.69) is 31.3 Å². The van der Waals surface area contributed by atoms with Crippen LogP contribution in [0.3, 0.4) is 0 Å². The van der Waals surface area contributed by atoms with Crippen LogP contribution >= 0.6 is 23.2 Å². The Morgan fingerprint density at radius 1 is 1.50 bits per heavy atom. The van der Waals surface area contributed by atoms with Crippen molar-refractivity contribution in [1.29, 1.82) is 0 Å². The first-order valence-corrected chi connectivity index (χ1v) is 6.81. The second-order valence-corrected chi connectivity index (χ2v) is 4.87. The highest BCUT2D eigenvalue weighted by Crippen LogP contribution is 2.27. The highest BCUT2D eigenvalue weighted by Gasteiger charge is 2.11. The molecule has 100 valence electrons. The van der Waals surface area contributed by atoms with Crippen molar-refractivity contribution in [3.63, 3.8) is 0 Å². The number of ether oxygens (including phenoxy) is 1. The Morgan fingerprint density at radius 2 is 2.22 bits per heavy atom. The van der Waals surface area contributed by atoms with Gasteiger partial charge in [-0.15, -0.1) is 0 Å². The van der Waals surface area contributed by atoms with E-state index < -0.39 is 0 Å². The monoisotopic (exact) mass is 287 g/mol. The van der Waals surface area contributed by atoms with Crippen LogP contribution in [0.5, 0.6) is 5.75 Å². The molecule has 0 radical (unpaired) electrons. The zero-order valence-electron chi connectivity index (χ0n) is 11.0. The normalized spacial score (nSPS) is 13.5. The predicted molar refractivity (Wildman–Crippen MR) is 78.6 cm³/mol. The van der Waals surface area contributed by atoms with Gasteiger partial charge in [0.2, 0.25) is 0 Å². The zero-order valence-corrected chi connectivity index (χ0v) is 12.5. The molecule has 0 spiro atoms. The van der Waals surface area contributed by atoms with Crippen molar-refractivity contribution in [2.24, 2.45) is 0 Å². The minimum Gasteiger partial charge on any atom is -0.488 e. The number of halogens is 2. The summed E-state index contributed by atoms with van der Waals surface area (Å²) < 4.78 is 5.71. The van der Waals surface area contributed by atoms with Crippen LogP contribution < -0.4 is 10.1 Å². The van der Waals surface area contributed by atoms with Crippen molar-refractivity contribution in [3.8, 4) is 5.75 Å². The van der Waals surface area contributed by atoms with Crippen LogP contribution in [0, 0.1) is 6.92 Å². The largest absolute Gasteiger partial charge is 0.488 e. The lowest BCUT2D eigenvalue weighted by Gasteiger charge is -2.18. The third-order valence-corrected chi connectivity index (χ3v) is 3.22. The second kappa shape index (κ2) is 7.67. The Morgan fingerprint density at radius 3 is 2.83 bits per heavy atom. The van der Waals surface area contributed by atoms with E-state index in [1.807, 2.05) is 13.0 Å². The van der Waals surface area contributed by atoms with E-state index in [9.17, 15) is 0 Å². The average Bonchev–Trinajstić information content (AvgIpc) is 2.36. The fourth-order valence-electron chi connectivity index (χ4n) is 1.72. The Balaban J connectivity index is 2.89. The highest BCUT2D eigenvalue weighted by molar-refractivity contribution is 6.36. The predicted octanol–water partition coefficient (Wildman–Crippen LogP) is 4.36. The summed E-state index contributed by atoms with van der Waals surface area (Å²) in [6.07, 6.45) is 0. The molecule has 0 aliphatic heterocycles. The van der Waals surface area contributed by atoms with E-state index in [1.54, 1.807) is 0 Å². The summed E-state index contributed by atoms with van der Waals surface area (Å²) in [5.74, 6) is 0.847. The Labute approximate surface area is 119 Å². The SMILES string of the molecule is CCNC(C)c1ccc(C)cc1OCC(Cl)=CCl. The number of hydrogen-bond donors (Lipinski definition) is 1. The Hall–Kier alpha value is -0.700. The van der Waals surface area contributed by atoms with Gasteiger partial charge < -0.3 is 10.1 Å². The maximum absolute atomic E-state index is 5.84. The lowest BCUT2D eigenvalue weighted by molar-refractivity contribution is 0.350. The van der Waals surface area contributed by atoms with Crippen molar-refractivity contribution >= 4 is 23.2 Å². The van der Waals surface area contributed by atoms with Gasteiger partial charge in [0.25, 0.3) is 0 Å². The molecule has 0 bridgehead atoms. The van der Waals surface area contributed by atoms with Crippen molar-refractivity contribution in [2.45, 2.75) is 26.8 Å². The molecule has 1 unspecified atom stereocenters. The molecule has 0 aliphatic carbocycles. The number of nitrogens with one attached hydrogen (secondary N) is 1. The molecule has 18 heavy (non-hydrogen) atoms. The molecule has 0 amide bonds. The second-order valence-electron chi connectivity index (χ2n) is 4.17. The Kier molecular flexibility index (Phi) is 6.55. The maximum Gasteiger partial charge on any atom is 0.125 e. The van der Waals surface area contributed by atoms with Crippen molar-refractivity contribution in [3.05, 3.63) is 39.9 Å².